The molecule has 8 nitrogen and oxygen atoms in total. The van der Waals surface area contributed by atoms with Crippen LogP contribution in [0.15, 0.2) is 23.1 Å². The molecule has 1 amide bonds. The molecule has 10 heteroatoms. The van der Waals surface area contributed by atoms with Gasteiger partial charge >= 0.3 is 0 Å². The van der Waals surface area contributed by atoms with Gasteiger partial charge in [-0.25, -0.2) is 18.1 Å². The van der Waals surface area contributed by atoms with Gasteiger partial charge in [-0.15, -0.1) is 11.3 Å². The molecule has 1 aromatic carbocycles. The number of amides is 1. The number of thiazole rings is 1. The van der Waals surface area contributed by atoms with Gasteiger partial charge in [0.25, 0.3) is 5.91 Å². The zero-order valence-corrected chi connectivity index (χ0v) is 23.4. The summed E-state index contributed by atoms with van der Waals surface area (Å²) >= 11 is 1.31. The van der Waals surface area contributed by atoms with Crippen molar-refractivity contribution in [3.05, 3.63) is 34.5 Å². The zero-order valence-electron chi connectivity index (χ0n) is 21.8. The van der Waals surface area contributed by atoms with Crippen molar-refractivity contribution in [1.82, 2.24) is 15.0 Å². The van der Waals surface area contributed by atoms with E-state index in [1.54, 1.807) is 32.9 Å². The van der Waals surface area contributed by atoms with Crippen LogP contribution in [-0.2, 0) is 21.2 Å². The van der Waals surface area contributed by atoms with Gasteiger partial charge in [-0.2, -0.15) is 5.26 Å². The van der Waals surface area contributed by atoms with Crippen molar-refractivity contribution in [1.29, 1.82) is 5.26 Å². The fourth-order valence-electron chi connectivity index (χ4n) is 5.02. The number of nitriles is 1. The zero-order chi connectivity index (χ0) is 26.6. The van der Waals surface area contributed by atoms with E-state index in [0.717, 1.165) is 42.7 Å². The Morgan fingerprint density at radius 3 is 2.51 bits per heavy atom. The normalized spacial score (nSPS) is 17.9. The molecule has 2 N–H and O–H groups in total. The number of nitrogens with zero attached hydrogens (tertiary/aromatic N) is 2. The van der Waals surface area contributed by atoms with Gasteiger partial charge in [0.1, 0.15) is 6.07 Å². The van der Waals surface area contributed by atoms with Gasteiger partial charge in [-0.1, -0.05) is 38.2 Å². The Morgan fingerprint density at radius 2 is 1.86 bits per heavy atom. The van der Waals surface area contributed by atoms with Gasteiger partial charge in [0, 0.05) is 24.8 Å². The average Bonchev–Trinajstić information content (AvgIpc) is 3.27. The molecule has 2 aliphatic rings. The molecule has 1 saturated carbocycles. The minimum atomic E-state index is -3.88. The molecule has 37 heavy (non-hydrogen) atoms. The Labute approximate surface area is 223 Å². The number of benzene rings is 1. The first-order valence-electron chi connectivity index (χ1n) is 13.0. The SMILES string of the molecule is CC(C)(C)NS(=O)(=O)c1ccc(-c2sc(C(=O)NC3CCOCC3)nc2CC2CCCCC2)cc1C#N. The molecule has 0 spiro atoms. The van der Waals surface area contributed by atoms with Gasteiger partial charge in [0.15, 0.2) is 5.01 Å². The molecule has 1 aliphatic carbocycles. The maximum Gasteiger partial charge on any atom is 0.280 e. The second-order valence-corrected chi connectivity index (χ2v) is 13.7. The van der Waals surface area contributed by atoms with E-state index in [0.29, 0.717) is 29.7 Å². The fraction of sp³-hybridized carbons (Fsp3) is 0.593. The van der Waals surface area contributed by atoms with Crippen LogP contribution in [0.2, 0.25) is 0 Å². The second kappa shape index (κ2) is 11.6. The standard InChI is InChI=1S/C27H36N4O4S2/c1-27(2,3)31-37(33,34)23-10-9-19(16-20(23)17-28)24-22(15-18-7-5-4-6-8-18)30-26(36-24)25(32)29-21-11-13-35-14-12-21/h9-10,16,18,21,31H,4-8,11-15H2,1-3H3,(H,29,32). The van der Waals surface area contributed by atoms with Crippen molar-refractivity contribution in [3.63, 3.8) is 0 Å². The number of sulfonamides is 1. The molecule has 1 aliphatic heterocycles. The van der Waals surface area contributed by atoms with Gasteiger partial charge in [0.2, 0.25) is 10.0 Å². The average molecular weight is 545 g/mol. The molecule has 2 heterocycles. The molecule has 1 aromatic heterocycles. The summed E-state index contributed by atoms with van der Waals surface area (Å²) in [5, 5.41) is 13.3. The molecular weight excluding hydrogens is 508 g/mol. The van der Waals surface area contributed by atoms with Crippen LogP contribution in [0, 0.1) is 17.2 Å². The van der Waals surface area contributed by atoms with E-state index in [2.05, 4.69) is 16.1 Å². The van der Waals surface area contributed by atoms with Gasteiger partial charge in [-0.05, 0) is 63.6 Å². The predicted molar refractivity (Wildman–Crippen MR) is 144 cm³/mol. The first-order chi connectivity index (χ1) is 17.6. The quantitative estimate of drug-likeness (QED) is 0.517. The summed E-state index contributed by atoms with van der Waals surface area (Å²) in [7, 11) is -3.88. The van der Waals surface area contributed by atoms with E-state index in [1.165, 1.54) is 36.7 Å². The largest absolute Gasteiger partial charge is 0.381 e. The number of carbonyl (C=O) groups is 1. The van der Waals surface area contributed by atoms with Crippen molar-refractivity contribution < 1.29 is 17.9 Å². The molecule has 2 fully saturated rings. The number of aromatic nitrogens is 1. The third-order valence-electron chi connectivity index (χ3n) is 6.75. The minimum Gasteiger partial charge on any atom is -0.381 e. The van der Waals surface area contributed by atoms with Crippen molar-refractivity contribution in [2.24, 2.45) is 5.92 Å². The number of hydrogen-bond donors (Lipinski definition) is 2. The summed E-state index contributed by atoms with van der Waals surface area (Å²) in [4.78, 5) is 18.7. The third-order valence-corrected chi connectivity index (χ3v) is 9.71. The van der Waals surface area contributed by atoms with E-state index in [9.17, 15) is 18.5 Å². The maximum atomic E-state index is 13.1. The Balaban J connectivity index is 1.68. The Kier molecular flexibility index (Phi) is 8.69. The van der Waals surface area contributed by atoms with Gasteiger partial charge in [0.05, 0.1) is 21.0 Å². The summed E-state index contributed by atoms with van der Waals surface area (Å²) in [6.45, 7) is 6.54. The van der Waals surface area contributed by atoms with Crippen LogP contribution in [0.1, 0.15) is 86.8 Å². The molecule has 0 bridgehead atoms. The molecule has 0 unspecified atom stereocenters. The van der Waals surface area contributed by atoms with Crippen LogP contribution in [0.3, 0.4) is 0 Å². The number of nitrogens with one attached hydrogen (secondary N) is 2. The molecule has 200 valence electrons. The number of rotatable bonds is 7. The van der Waals surface area contributed by atoms with Crippen molar-refractivity contribution >= 4 is 27.3 Å². The van der Waals surface area contributed by atoms with Crippen LogP contribution in [0.5, 0.6) is 0 Å². The molecule has 4 rings (SSSR count). The summed E-state index contributed by atoms with van der Waals surface area (Å²) in [5.74, 6) is 0.314. The lowest BCUT2D eigenvalue weighted by Crippen LogP contribution is -2.40. The van der Waals surface area contributed by atoms with E-state index in [1.807, 2.05) is 0 Å². The van der Waals surface area contributed by atoms with E-state index < -0.39 is 15.6 Å². The fourth-order valence-corrected chi connectivity index (χ4v) is 7.57. The second-order valence-electron chi connectivity index (χ2n) is 11.0. The van der Waals surface area contributed by atoms with Crippen LogP contribution in [-0.4, -0.2) is 44.1 Å². The monoisotopic (exact) mass is 544 g/mol. The van der Waals surface area contributed by atoms with Crippen molar-refractivity contribution in [2.45, 2.75) is 88.6 Å². The van der Waals surface area contributed by atoms with Crippen LogP contribution in [0.25, 0.3) is 10.4 Å². The predicted octanol–water partition coefficient (Wildman–Crippen LogP) is 4.79. The number of ether oxygens (including phenoxy) is 1. The minimum absolute atomic E-state index is 0.0514. The van der Waals surface area contributed by atoms with Crippen molar-refractivity contribution in [3.8, 4) is 16.5 Å². The molecule has 2 aromatic rings. The first-order valence-corrected chi connectivity index (χ1v) is 15.3. The highest BCUT2D eigenvalue weighted by molar-refractivity contribution is 7.89. The van der Waals surface area contributed by atoms with Crippen molar-refractivity contribution in [2.75, 3.05) is 13.2 Å². The van der Waals surface area contributed by atoms with Gasteiger partial charge < -0.3 is 10.1 Å². The lowest BCUT2D eigenvalue weighted by atomic mass is 9.85. The summed E-state index contributed by atoms with van der Waals surface area (Å²) in [6.07, 6.45) is 8.26. The highest BCUT2D eigenvalue weighted by Crippen LogP contribution is 2.36. The molecule has 0 atom stereocenters. The number of carbonyl (C=O) groups excluding carboxylic acids is 1. The summed E-state index contributed by atoms with van der Waals surface area (Å²) < 4.78 is 33.9. The number of hydrogen-bond acceptors (Lipinski definition) is 7. The molecule has 0 radical (unpaired) electrons. The Bertz CT molecular complexity index is 1260. The smallest absolute Gasteiger partial charge is 0.280 e. The highest BCUT2D eigenvalue weighted by Gasteiger charge is 2.27. The topological polar surface area (TPSA) is 121 Å². The van der Waals surface area contributed by atoms with Gasteiger partial charge in [-0.3, -0.25) is 4.79 Å². The first kappa shape index (κ1) is 27.7. The van der Waals surface area contributed by atoms with Crippen LogP contribution < -0.4 is 10.0 Å². The molecule has 1 saturated heterocycles. The molecular formula is C27H36N4O4S2. The lowest BCUT2D eigenvalue weighted by molar-refractivity contribution is 0.0696. The lowest BCUT2D eigenvalue weighted by Gasteiger charge is -2.22. The van der Waals surface area contributed by atoms with E-state index in [-0.39, 0.29) is 22.4 Å². The van der Waals surface area contributed by atoms with E-state index >= 15 is 0 Å². The highest BCUT2D eigenvalue weighted by atomic mass is 32.2. The Morgan fingerprint density at radius 1 is 1.16 bits per heavy atom. The summed E-state index contributed by atoms with van der Waals surface area (Å²) in [5.41, 5.74) is 0.947. The third kappa shape index (κ3) is 7.17. The Hall–Kier alpha value is -2.32. The maximum absolute atomic E-state index is 13.1. The van der Waals surface area contributed by atoms with Crippen LogP contribution >= 0.6 is 11.3 Å². The van der Waals surface area contributed by atoms with Crippen LogP contribution in [0.4, 0.5) is 0 Å². The summed E-state index contributed by atoms with van der Waals surface area (Å²) in [6, 6.07) is 6.93. The van der Waals surface area contributed by atoms with E-state index in [4.69, 9.17) is 9.72 Å².